The van der Waals surface area contributed by atoms with Gasteiger partial charge in [0.15, 0.2) is 0 Å². The zero-order chi connectivity index (χ0) is 10.8. The average Bonchev–Trinajstić information content (AvgIpc) is 1.96. The molecular formula is C13H26N+. The molecule has 0 aromatic rings. The van der Waals surface area contributed by atoms with Gasteiger partial charge in [0, 0.05) is 18.8 Å². The molecule has 0 radical (unpaired) electrons. The van der Waals surface area contributed by atoms with E-state index in [0.29, 0.717) is 11.1 Å². The second-order valence-electron chi connectivity index (χ2n) is 7.14. The Morgan fingerprint density at radius 2 is 1.43 bits per heavy atom. The molecule has 0 saturated carbocycles. The number of nitrogens with zero attached hydrogens (tertiary/aromatic N) is 1. The number of fused-ring (bicyclic) bond motifs is 3. The zero-order valence-corrected chi connectivity index (χ0v) is 10.7. The highest BCUT2D eigenvalue weighted by atomic mass is 15.4. The van der Waals surface area contributed by atoms with Gasteiger partial charge in [-0.2, -0.15) is 0 Å². The molecule has 3 aliphatic rings. The minimum atomic E-state index is 0.485. The predicted octanol–water partition coefficient (Wildman–Crippen LogP) is 3.05. The molecule has 1 heteroatoms. The fraction of sp³-hybridized carbons (Fsp3) is 1.00. The first-order chi connectivity index (χ1) is 6.20. The minimum absolute atomic E-state index is 0.485. The van der Waals surface area contributed by atoms with Crippen LogP contribution in [0.15, 0.2) is 0 Å². The molecule has 0 spiro atoms. The Morgan fingerprint density at radius 3 is 1.79 bits per heavy atom. The Labute approximate surface area is 89.1 Å². The van der Waals surface area contributed by atoms with E-state index in [1.165, 1.54) is 23.9 Å². The third-order valence-electron chi connectivity index (χ3n) is 5.65. The van der Waals surface area contributed by atoms with Crippen molar-refractivity contribution in [1.82, 2.24) is 0 Å². The molecule has 0 amide bonds. The highest BCUT2D eigenvalue weighted by Crippen LogP contribution is 2.54. The van der Waals surface area contributed by atoms with Crippen LogP contribution in [-0.2, 0) is 0 Å². The van der Waals surface area contributed by atoms with Gasteiger partial charge in [0.1, 0.15) is 0 Å². The molecule has 3 rings (SSSR count). The highest BCUT2D eigenvalue weighted by Gasteiger charge is 2.61. The van der Waals surface area contributed by atoms with Crippen LogP contribution in [0.1, 0.15) is 47.5 Å². The van der Waals surface area contributed by atoms with E-state index in [1.54, 1.807) is 0 Å². The maximum absolute atomic E-state index is 2.48. The molecule has 3 aliphatic heterocycles. The SMILES string of the molecule is C[C@H]1C[N+]2(C)C(C)(C)CC1CC2(C)C. The van der Waals surface area contributed by atoms with Crippen LogP contribution in [-0.4, -0.2) is 29.2 Å². The molecule has 1 nitrogen and oxygen atoms in total. The molecule has 0 aliphatic carbocycles. The third kappa shape index (κ3) is 1.05. The van der Waals surface area contributed by atoms with E-state index in [4.69, 9.17) is 0 Å². The van der Waals surface area contributed by atoms with E-state index in [-0.39, 0.29) is 0 Å². The van der Waals surface area contributed by atoms with Gasteiger partial charge in [-0.1, -0.05) is 6.92 Å². The van der Waals surface area contributed by atoms with E-state index < -0.39 is 0 Å². The van der Waals surface area contributed by atoms with Crippen LogP contribution in [0.25, 0.3) is 0 Å². The standard InChI is InChI=1S/C13H26N/c1-10-9-14(6)12(2,3)7-11(10)8-13(14,4)5/h10-11H,7-9H2,1-6H3/q+1/t10-,11?,14?/m0/s1. The van der Waals surface area contributed by atoms with Crippen molar-refractivity contribution in [2.24, 2.45) is 11.8 Å². The van der Waals surface area contributed by atoms with Gasteiger partial charge in [-0.15, -0.1) is 0 Å². The quantitative estimate of drug-likeness (QED) is 0.522. The summed E-state index contributed by atoms with van der Waals surface area (Å²) in [7, 11) is 2.48. The zero-order valence-electron chi connectivity index (χ0n) is 10.7. The Balaban J connectivity index is 2.44. The first-order valence-corrected chi connectivity index (χ1v) is 6.05. The van der Waals surface area contributed by atoms with Crippen LogP contribution in [0.4, 0.5) is 0 Å². The molecule has 0 unspecified atom stereocenters. The predicted molar refractivity (Wildman–Crippen MR) is 61.1 cm³/mol. The molecule has 3 fully saturated rings. The second-order valence-corrected chi connectivity index (χ2v) is 7.14. The Morgan fingerprint density at radius 1 is 1.00 bits per heavy atom. The van der Waals surface area contributed by atoms with E-state index in [1.807, 2.05) is 0 Å². The summed E-state index contributed by atoms with van der Waals surface area (Å²) in [5.74, 6) is 1.90. The monoisotopic (exact) mass is 196 g/mol. The Hall–Kier alpha value is -0.0400. The molecule has 0 aromatic carbocycles. The average molecular weight is 196 g/mol. The van der Waals surface area contributed by atoms with Gasteiger partial charge in [0.05, 0.1) is 24.7 Å². The van der Waals surface area contributed by atoms with Crippen LogP contribution in [0.2, 0.25) is 0 Å². The van der Waals surface area contributed by atoms with Crippen molar-refractivity contribution in [1.29, 1.82) is 0 Å². The molecule has 3 saturated heterocycles. The fourth-order valence-electron chi connectivity index (χ4n) is 4.20. The number of hydrogen-bond donors (Lipinski definition) is 0. The van der Waals surface area contributed by atoms with Gasteiger partial charge in [-0.05, 0) is 33.6 Å². The minimum Gasteiger partial charge on any atom is -0.317 e. The number of hydrogen-bond acceptors (Lipinski definition) is 0. The molecule has 2 bridgehead atoms. The van der Waals surface area contributed by atoms with Crippen molar-refractivity contribution in [3.05, 3.63) is 0 Å². The van der Waals surface area contributed by atoms with E-state index in [9.17, 15) is 0 Å². The number of rotatable bonds is 0. The summed E-state index contributed by atoms with van der Waals surface area (Å²) in [5.41, 5.74) is 0.970. The lowest BCUT2D eigenvalue weighted by Gasteiger charge is -2.67. The first-order valence-electron chi connectivity index (χ1n) is 6.05. The van der Waals surface area contributed by atoms with Gasteiger partial charge in [-0.3, -0.25) is 0 Å². The Kier molecular flexibility index (Phi) is 1.91. The number of piperidine rings is 3. The maximum Gasteiger partial charge on any atom is 0.0940 e. The summed E-state index contributed by atoms with van der Waals surface area (Å²) in [4.78, 5) is 0. The van der Waals surface area contributed by atoms with E-state index in [2.05, 4.69) is 41.7 Å². The summed E-state index contributed by atoms with van der Waals surface area (Å²) in [5, 5.41) is 0. The first kappa shape index (κ1) is 10.5. The van der Waals surface area contributed by atoms with Crippen molar-refractivity contribution < 1.29 is 4.48 Å². The Bertz CT molecular complexity index is 234. The fourth-order valence-corrected chi connectivity index (χ4v) is 4.20. The third-order valence-corrected chi connectivity index (χ3v) is 5.65. The molecule has 0 N–H and O–H groups in total. The van der Waals surface area contributed by atoms with Gasteiger partial charge < -0.3 is 4.48 Å². The summed E-state index contributed by atoms with van der Waals surface area (Å²) in [6, 6.07) is 0. The topological polar surface area (TPSA) is 0 Å². The van der Waals surface area contributed by atoms with E-state index >= 15 is 0 Å². The van der Waals surface area contributed by atoms with Gasteiger partial charge in [-0.25, -0.2) is 0 Å². The second kappa shape index (κ2) is 2.55. The molecule has 3 heterocycles. The summed E-state index contributed by atoms with van der Waals surface area (Å²) >= 11 is 0. The normalized spacial score (nSPS) is 49.3. The van der Waals surface area contributed by atoms with Crippen LogP contribution < -0.4 is 0 Å². The van der Waals surface area contributed by atoms with Gasteiger partial charge in [0.25, 0.3) is 0 Å². The van der Waals surface area contributed by atoms with Crippen LogP contribution in [0.3, 0.4) is 0 Å². The van der Waals surface area contributed by atoms with Crippen LogP contribution >= 0.6 is 0 Å². The van der Waals surface area contributed by atoms with Gasteiger partial charge in [0.2, 0.25) is 0 Å². The lowest BCUT2D eigenvalue weighted by atomic mass is 9.62. The molecule has 14 heavy (non-hydrogen) atoms. The summed E-state index contributed by atoms with van der Waals surface area (Å²) in [6.45, 7) is 13.7. The largest absolute Gasteiger partial charge is 0.317 e. The summed E-state index contributed by atoms with van der Waals surface area (Å²) < 4.78 is 1.28. The van der Waals surface area contributed by atoms with Crippen molar-refractivity contribution >= 4 is 0 Å². The van der Waals surface area contributed by atoms with Crippen LogP contribution in [0, 0.1) is 11.8 Å². The molecular weight excluding hydrogens is 170 g/mol. The highest BCUT2D eigenvalue weighted by molar-refractivity contribution is 4.96. The number of quaternary nitrogens is 1. The maximum atomic E-state index is 2.48. The van der Waals surface area contributed by atoms with Crippen molar-refractivity contribution in [2.75, 3.05) is 13.6 Å². The van der Waals surface area contributed by atoms with Crippen LogP contribution in [0.5, 0.6) is 0 Å². The van der Waals surface area contributed by atoms with E-state index in [0.717, 1.165) is 11.8 Å². The smallest absolute Gasteiger partial charge is 0.0940 e. The summed E-state index contributed by atoms with van der Waals surface area (Å²) in [6.07, 6.45) is 2.85. The lowest BCUT2D eigenvalue weighted by molar-refractivity contribution is -1.02. The lowest BCUT2D eigenvalue weighted by Crippen LogP contribution is -2.77. The molecule has 1 atom stereocenters. The van der Waals surface area contributed by atoms with Crippen molar-refractivity contribution in [3.8, 4) is 0 Å². The van der Waals surface area contributed by atoms with Gasteiger partial charge >= 0.3 is 0 Å². The molecule has 0 aromatic heterocycles. The molecule has 82 valence electrons. The van der Waals surface area contributed by atoms with Crippen molar-refractivity contribution in [3.63, 3.8) is 0 Å². The van der Waals surface area contributed by atoms with Crippen molar-refractivity contribution in [2.45, 2.75) is 58.5 Å².